The Morgan fingerprint density at radius 1 is 1.39 bits per heavy atom. The highest BCUT2D eigenvalue weighted by molar-refractivity contribution is 5.82. The number of allylic oxidation sites excluding steroid dienone is 2. The second-order valence-electron chi connectivity index (χ2n) is 9.22. The van der Waals surface area contributed by atoms with E-state index in [0.29, 0.717) is 36.8 Å². The number of hydrogen-bond acceptors (Lipinski definition) is 5. The number of aromatic hydroxyl groups is 1. The topological polar surface area (TPSA) is 81.8 Å². The predicted octanol–water partition coefficient (Wildman–Crippen LogP) is 4.17. The van der Waals surface area contributed by atoms with Gasteiger partial charge < -0.3 is 20.3 Å². The maximum atomic E-state index is 12.6. The number of benzene rings is 1. The summed E-state index contributed by atoms with van der Waals surface area (Å²) < 4.78 is 11.7. The summed E-state index contributed by atoms with van der Waals surface area (Å²) in [6, 6.07) is 3.61. The molecule has 0 spiro atoms. The molecule has 5 nitrogen and oxygen atoms in total. The lowest BCUT2D eigenvalue weighted by Crippen LogP contribution is -2.45. The zero-order chi connectivity index (χ0) is 20.7. The number of carbonyl (C=O) groups is 1. The molecule has 3 N–H and O–H groups in total. The lowest BCUT2D eigenvalue weighted by molar-refractivity contribution is -0.149. The van der Waals surface area contributed by atoms with Crippen molar-refractivity contribution in [2.45, 2.75) is 70.8 Å². The summed E-state index contributed by atoms with van der Waals surface area (Å²) in [6.07, 6.45) is 4.78. The molecule has 5 heteroatoms. The van der Waals surface area contributed by atoms with E-state index in [1.54, 1.807) is 6.07 Å². The Morgan fingerprint density at radius 3 is 2.79 bits per heavy atom. The molecule has 2 aliphatic rings. The summed E-state index contributed by atoms with van der Waals surface area (Å²) in [6.45, 7) is 10.8. The minimum absolute atomic E-state index is 0.204. The first kappa shape index (κ1) is 20.7. The van der Waals surface area contributed by atoms with E-state index < -0.39 is 5.41 Å². The highest BCUT2D eigenvalue weighted by Crippen LogP contribution is 2.54. The summed E-state index contributed by atoms with van der Waals surface area (Å²) in [4.78, 5) is 12.6. The number of ether oxygens (including phenoxy) is 2. The van der Waals surface area contributed by atoms with Gasteiger partial charge >= 0.3 is 5.97 Å². The number of carbonyl (C=O) groups excluding carboxylic acids is 1. The summed E-state index contributed by atoms with van der Waals surface area (Å²) in [7, 11) is 0. The highest BCUT2D eigenvalue weighted by atomic mass is 16.5. The van der Waals surface area contributed by atoms with Crippen molar-refractivity contribution < 1.29 is 19.4 Å². The minimum atomic E-state index is -0.895. The number of phenolic OH excluding ortho intramolecular Hbond substituents is 1. The SMILES string of the molecule is CC1=CCC2[C@@H](C1)c1c(O)cc(C(C)(C)C(=O)OCCCN)cc1OC2(C)C. The Bertz CT molecular complexity index is 794. The molecule has 0 bridgehead atoms. The summed E-state index contributed by atoms with van der Waals surface area (Å²) >= 11 is 0. The molecule has 2 atom stereocenters. The van der Waals surface area contributed by atoms with Gasteiger partial charge in [-0.25, -0.2) is 0 Å². The Kier molecular flexibility index (Phi) is 5.50. The van der Waals surface area contributed by atoms with E-state index >= 15 is 0 Å². The first-order chi connectivity index (χ1) is 13.1. The largest absolute Gasteiger partial charge is 0.508 e. The van der Waals surface area contributed by atoms with Gasteiger partial charge in [0.1, 0.15) is 17.1 Å². The van der Waals surface area contributed by atoms with Crippen molar-refractivity contribution in [3.8, 4) is 11.5 Å². The van der Waals surface area contributed by atoms with Crippen molar-refractivity contribution in [3.63, 3.8) is 0 Å². The number of fused-ring (bicyclic) bond motifs is 3. The van der Waals surface area contributed by atoms with Gasteiger partial charge in [0, 0.05) is 17.4 Å². The van der Waals surface area contributed by atoms with Crippen LogP contribution in [0.4, 0.5) is 0 Å². The quantitative estimate of drug-likeness (QED) is 0.450. The van der Waals surface area contributed by atoms with Gasteiger partial charge in [-0.05, 0) is 78.1 Å². The molecule has 0 fully saturated rings. The third-order valence-electron chi connectivity index (χ3n) is 6.32. The second-order valence-corrected chi connectivity index (χ2v) is 9.22. The van der Waals surface area contributed by atoms with Crippen molar-refractivity contribution in [2.75, 3.05) is 13.2 Å². The van der Waals surface area contributed by atoms with Crippen molar-refractivity contribution in [1.29, 1.82) is 0 Å². The predicted molar refractivity (Wildman–Crippen MR) is 110 cm³/mol. The molecular weight excluding hydrogens is 354 g/mol. The standard InChI is InChI=1S/C23H33NO4/c1-14-7-8-17-16(11-14)20-18(25)12-15(13-19(20)28-23(17,4)5)22(2,3)21(26)27-10-6-9-24/h7,12-13,16-17,25H,6,8-11,24H2,1-5H3/t16-,17?/m1/s1. The van der Waals surface area contributed by atoms with Crippen LogP contribution in [0.2, 0.25) is 0 Å². The van der Waals surface area contributed by atoms with Crippen molar-refractivity contribution in [3.05, 3.63) is 34.9 Å². The van der Waals surface area contributed by atoms with E-state index in [1.807, 2.05) is 19.9 Å². The maximum absolute atomic E-state index is 12.6. The van der Waals surface area contributed by atoms with Gasteiger partial charge in [0.2, 0.25) is 0 Å². The first-order valence-electron chi connectivity index (χ1n) is 10.2. The van der Waals surface area contributed by atoms with Gasteiger partial charge in [0.25, 0.3) is 0 Å². The van der Waals surface area contributed by atoms with Crippen LogP contribution < -0.4 is 10.5 Å². The van der Waals surface area contributed by atoms with E-state index in [2.05, 4.69) is 26.8 Å². The van der Waals surface area contributed by atoms with Crippen LogP contribution in [0.25, 0.3) is 0 Å². The molecule has 0 saturated carbocycles. The Balaban J connectivity index is 1.98. The molecule has 1 aliphatic carbocycles. The molecule has 1 aromatic rings. The molecule has 0 amide bonds. The van der Waals surface area contributed by atoms with Crippen molar-refractivity contribution in [1.82, 2.24) is 0 Å². The van der Waals surface area contributed by atoms with Gasteiger partial charge in [-0.1, -0.05) is 11.6 Å². The van der Waals surface area contributed by atoms with E-state index in [-0.39, 0.29) is 23.2 Å². The molecule has 154 valence electrons. The van der Waals surface area contributed by atoms with Crippen LogP contribution in [0, 0.1) is 5.92 Å². The number of nitrogens with two attached hydrogens (primary N) is 1. The van der Waals surface area contributed by atoms with E-state index in [9.17, 15) is 9.90 Å². The molecule has 1 unspecified atom stereocenters. The van der Waals surface area contributed by atoms with E-state index in [4.69, 9.17) is 15.2 Å². The summed E-state index contributed by atoms with van der Waals surface area (Å²) in [5, 5.41) is 10.9. The lowest BCUT2D eigenvalue weighted by Gasteiger charge is -2.47. The monoisotopic (exact) mass is 387 g/mol. The fourth-order valence-electron chi connectivity index (χ4n) is 4.47. The van der Waals surface area contributed by atoms with E-state index in [1.165, 1.54) is 5.57 Å². The first-order valence-corrected chi connectivity index (χ1v) is 10.2. The third kappa shape index (κ3) is 3.64. The molecule has 0 aromatic heterocycles. The molecule has 0 radical (unpaired) electrons. The van der Waals surface area contributed by atoms with Crippen LogP contribution in [-0.4, -0.2) is 29.8 Å². The molecular formula is C23H33NO4. The molecule has 3 rings (SSSR count). The van der Waals surface area contributed by atoms with Crippen LogP contribution in [0.15, 0.2) is 23.8 Å². The Morgan fingerprint density at radius 2 is 2.11 bits per heavy atom. The van der Waals surface area contributed by atoms with Crippen LogP contribution in [0.3, 0.4) is 0 Å². The van der Waals surface area contributed by atoms with Gasteiger partial charge in [-0.15, -0.1) is 0 Å². The van der Waals surface area contributed by atoms with E-state index in [0.717, 1.165) is 18.4 Å². The molecule has 1 aliphatic heterocycles. The molecule has 0 saturated heterocycles. The van der Waals surface area contributed by atoms with Gasteiger partial charge in [-0.2, -0.15) is 0 Å². The van der Waals surface area contributed by atoms with Gasteiger partial charge in [0.05, 0.1) is 12.0 Å². The second kappa shape index (κ2) is 7.43. The van der Waals surface area contributed by atoms with Crippen LogP contribution in [0.5, 0.6) is 11.5 Å². The fourth-order valence-corrected chi connectivity index (χ4v) is 4.47. The number of hydrogen-bond donors (Lipinski definition) is 2. The zero-order valence-corrected chi connectivity index (χ0v) is 17.7. The van der Waals surface area contributed by atoms with Crippen LogP contribution in [-0.2, 0) is 14.9 Å². The van der Waals surface area contributed by atoms with Gasteiger partial charge in [0.15, 0.2) is 0 Å². The van der Waals surface area contributed by atoms with Gasteiger partial charge in [-0.3, -0.25) is 4.79 Å². The fraction of sp³-hybridized carbons (Fsp3) is 0.609. The molecule has 1 heterocycles. The minimum Gasteiger partial charge on any atom is -0.508 e. The van der Waals surface area contributed by atoms with Crippen LogP contribution >= 0.6 is 0 Å². The Labute approximate surface area is 167 Å². The normalized spacial score (nSPS) is 23.1. The maximum Gasteiger partial charge on any atom is 0.315 e. The lowest BCUT2D eigenvalue weighted by atomic mass is 9.67. The molecule has 1 aromatic carbocycles. The Hall–Kier alpha value is -2.01. The third-order valence-corrected chi connectivity index (χ3v) is 6.32. The number of phenols is 1. The summed E-state index contributed by atoms with van der Waals surface area (Å²) in [5.74, 6) is 1.09. The average molecular weight is 388 g/mol. The van der Waals surface area contributed by atoms with Crippen molar-refractivity contribution >= 4 is 5.97 Å². The number of esters is 1. The highest BCUT2D eigenvalue weighted by Gasteiger charge is 2.46. The van der Waals surface area contributed by atoms with Crippen molar-refractivity contribution in [2.24, 2.45) is 11.7 Å². The van der Waals surface area contributed by atoms with Crippen LogP contribution in [0.1, 0.15) is 70.9 Å². The smallest absolute Gasteiger partial charge is 0.315 e. The molecule has 28 heavy (non-hydrogen) atoms. The average Bonchev–Trinajstić information content (AvgIpc) is 2.60. The number of rotatable bonds is 5. The zero-order valence-electron chi connectivity index (χ0n) is 17.7. The summed E-state index contributed by atoms with van der Waals surface area (Å²) in [5.41, 5.74) is 7.14.